The van der Waals surface area contributed by atoms with Crippen LogP contribution in [0.5, 0.6) is 0 Å². The number of nitrogens with one attached hydrogen (secondary N) is 1. The van der Waals surface area contributed by atoms with Crippen LogP contribution < -0.4 is 5.32 Å². The van der Waals surface area contributed by atoms with Gasteiger partial charge in [-0.2, -0.15) is 4.98 Å². The van der Waals surface area contributed by atoms with Crippen LogP contribution in [0.15, 0.2) is 21.1 Å². The summed E-state index contributed by atoms with van der Waals surface area (Å²) >= 11 is 1.30. The van der Waals surface area contributed by atoms with Crippen molar-refractivity contribution in [3.05, 3.63) is 40.2 Å². The average molecular weight is 388 g/mol. The molecule has 3 aromatic rings. The van der Waals surface area contributed by atoms with Crippen LogP contribution in [0, 0.1) is 13.8 Å². The minimum atomic E-state index is -0.790. The standard InChI is InChI=1S/C19H24N4O3S/c1-10-8-9-12(25-10)15-20-11(2)13(27-15)14(24)22-19(6,7)16-21-17(26-23-16)18(3,4)5/h8-9H,1-7H3,(H,22,24). The summed E-state index contributed by atoms with van der Waals surface area (Å²) in [6.45, 7) is 13.3. The van der Waals surface area contributed by atoms with E-state index < -0.39 is 5.54 Å². The number of aromatic nitrogens is 3. The zero-order valence-electron chi connectivity index (χ0n) is 16.6. The van der Waals surface area contributed by atoms with Gasteiger partial charge < -0.3 is 14.3 Å². The monoisotopic (exact) mass is 388 g/mol. The second kappa shape index (κ2) is 6.60. The molecule has 0 aliphatic rings. The molecule has 27 heavy (non-hydrogen) atoms. The first kappa shape index (κ1) is 19.3. The second-order valence-electron chi connectivity index (χ2n) is 8.10. The van der Waals surface area contributed by atoms with Gasteiger partial charge in [-0.05, 0) is 39.8 Å². The highest BCUT2D eigenvalue weighted by Gasteiger charge is 2.32. The summed E-state index contributed by atoms with van der Waals surface area (Å²) in [5.74, 6) is 2.20. The van der Waals surface area contributed by atoms with Gasteiger partial charge in [-0.1, -0.05) is 25.9 Å². The van der Waals surface area contributed by atoms with E-state index >= 15 is 0 Å². The minimum Gasteiger partial charge on any atom is -0.459 e. The topological polar surface area (TPSA) is 94.1 Å². The number of carbonyl (C=O) groups is 1. The van der Waals surface area contributed by atoms with Crippen molar-refractivity contribution in [3.63, 3.8) is 0 Å². The van der Waals surface area contributed by atoms with Crippen LogP contribution in [0.2, 0.25) is 0 Å². The molecule has 0 saturated heterocycles. The number of hydrogen-bond acceptors (Lipinski definition) is 7. The molecule has 0 aliphatic heterocycles. The van der Waals surface area contributed by atoms with E-state index in [1.807, 2.05) is 60.6 Å². The molecule has 0 radical (unpaired) electrons. The molecule has 0 fully saturated rings. The Hall–Kier alpha value is -2.48. The summed E-state index contributed by atoms with van der Waals surface area (Å²) in [4.78, 5) is 22.3. The smallest absolute Gasteiger partial charge is 0.264 e. The van der Waals surface area contributed by atoms with Gasteiger partial charge in [0.2, 0.25) is 5.89 Å². The molecule has 0 saturated carbocycles. The Labute approximate surface area is 162 Å². The van der Waals surface area contributed by atoms with E-state index in [2.05, 4.69) is 20.4 Å². The molecule has 0 atom stereocenters. The van der Waals surface area contributed by atoms with Gasteiger partial charge in [-0.25, -0.2) is 4.98 Å². The molecule has 3 aromatic heterocycles. The van der Waals surface area contributed by atoms with Gasteiger partial charge in [0.25, 0.3) is 5.91 Å². The van der Waals surface area contributed by atoms with Crippen LogP contribution in [0.1, 0.15) is 67.5 Å². The number of hydrogen-bond donors (Lipinski definition) is 1. The molecule has 1 N–H and O–H groups in total. The van der Waals surface area contributed by atoms with Crippen LogP contribution in [-0.2, 0) is 11.0 Å². The highest BCUT2D eigenvalue weighted by molar-refractivity contribution is 7.17. The molecule has 1 amide bonds. The fraction of sp³-hybridized carbons (Fsp3) is 0.474. The number of nitrogens with zero attached hydrogens (tertiary/aromatic N) is 3. The maximum Gasteiger partial charge on any atom is 0.264 e. The van der Waals surface area contributed by atoms with Crippen molar-refractivity contribution in [2.24, 2.45) is 0 Å². The third kappa shape index (κ3) is 3.95. The van der Waals surface area contributed by atoms with Crippen LogP contribution in [0.4, 0.5) is 0 Å². The normalized spacial score (nSPS) is 12.4. The molecular weight excluding hydrogens is 364 g/mol. The van der Waals surface area contributed by atoms with E-state index in [-0.39, 0.29) is 11.3 Å². The molecule has 0 bridgehead atoms. The lowest BCUT2D eigenvalue weighted by molar-refractivity contribution is 0.0911. The van der Waals surface area contributed by atoms with E-state index in [0.29, 0.717) is 33.1 Å². The first-order valence-electron chi connectivity index (χ1n) is 8.69. The molecule has 0 aliphatic carbocycles. The van der Waals surface area contributed by atoms with Gasteiger partial charge in [0.05, 0.1) is 11.2 Å². The largest absolute Gasteiger partial charge is 0.459 e. The summed E-state index contributed by atoms with van der Waals surface area (Å²) in [6.07, 6.45) is 0. The Morgan fingerprint density at radius 2 is 1.81 bits per heavy atom. The van der Waals surface area contributed by atoms with Crippen molar-refractivity contribution in [3.8, 4) is 10.8 Å². The number of rotatable bonds is 4. The van der Waals surface area contributed by atoms with Gasteiger partial charge in [0.1, 0.15) is 10.6 Å². The summed E-state index contributed by atoms with van der Waals surface area (Å²) < 4.78 is 11.0. The lowest BCUT2D eigenvalue weighted by atomic mass is 9.97. The Morgan fingerprint density at radius 1 is 1.11 bits per heavy atom. The maximum atomic E-state index is 12.9. The van der Waals surface area contributed by atoms with Gasteiger partial charge in [0, 0.05) is 5.41 Å². The molecule has 3 rings (SSSR count). The zero-order valence-corrected chi connectivity index (χ0v) is 17.4. The number of carbonyl (C=O) groups excluding carboxylic acids is 1. The van der Waals surface area contributed by atoms with Crippen molar-refractivity contribution in [1.82, 2.24) is 20.4 Å². The Balaban J connectivity index is 1.82. The predicted octanol–water partition coefficient (Wildman–Crippen LogP) is 4.37. The molecule has 144 valence electrons. The summed E-state index contributed by atoms with van der Waals surface area (Å²) in [7, 11) is 0. The Morgan fingerprint density at radius 3 is 2.37 bits per heavy atom. The Bertz CT molecular complexity index is 975. The molecular formula is C19H24N4O3S. The van der Waals surface area contributed by atoms with Gasteiger partial charge >= 0.3 is 0 Å². The fourth-order valence-electron chi connectivity index (χ4n) is 2.44. The minimum absolute atomic E-state index is 0.230. The number of thiazole rings is 1. The molecule has 0 spiro atoms. The van der Waals surface area contributed by atoms with Crippen LogP contribution in [0.25, 0.3) is 10.8 Å². The number of aryl methyl sites for hydroxylation is 2. The summed E-state index contributed by atoms with van der Waals surface area (Å²) in [5.41, 5.74) is -0.390. The van der Waals surface area contributed by atoms with Gasteiger partial charge in [-0.3, -0.25) is 4.79 Å². The predicted molar refractivity (Wildman–Crippen MR) is 103 cm³/mol. The zero-order chi connectivity index (χ0) is 20.0. The van der Waals surface area contributed by atoms with E-state index in [9.17, 15) is 4.79 Å². The second-order valence-corrected chi connectivity index (χ2v) is 9.10. The van der Waals surface area contributed by atoms with Crippen LogP contribution in [-0.4, -0.2) is 21.0 Å². The van der Waals surface area contributed by atoms with Crippen molar-refractivity contribution < 1.29 is 13.7 Å². The van der Waals surface area contributed by atoms with E-state index in [4.69, 9.17) is 8.94 Å². The highest BCUT2D eigenvalue weighted by Crippen LogP contribution is 2.30. The first-order valence-corrected chi connectivity index (χ1v) is 9.50. The van der Waals surface area contributed by atoms with E-state index in [0.717, 1.165) is 5.76 Å². The van der Waals surface area contributed by atoms with E-state index in [1.165, 1.54) is 11.3 Å². The quantitative estimate of drug-likeness (QED) is 0.713. The average Bonchev–Trinajstić information content (AvgIpc) is 3.24. The number of furan rings is 1. The number of amides is 1. The van der Waals surface area contributed by atoms with Crippen LogP contribution >= 0.6 is 11.3 Å². The summed E-state index contributed by atoms with van der Waals surface area (Å²) in [6, 6.07) is 3.73. The third-order valence-corrected chi connectivity index (χ3v) is 5.18. The maximum absolute atomic E-state index is 12.9. The van der Waals surface area contributed by atoms with Crippen molar-refractivity contribution in [2.75, 3.05) is 0 Å². The summed E-state index contributed by atoms with van der Waals surface area (Å²) in [5, 5.41) is 7.71. The highest BCUT2D eigenvalue weighted by atomic mass is 32.1. The molecule has 0 unspecified atom stereocenters. The van der Waals surface area contributed by atoms with E-state index in [1.54, 1.807) is 0 Å². The molecule has 0 aromatic carbocycles. The lowest BCUT2D eigenvalue weighted by Crippen LogP contribution is -2.41. The van der Waals surface area contributed by atoms with Crippen LogP contribution in [0.3, 0.4) is 0 Å². The molecule has 8 heteroatoms. The fourth-order valence-corrected chi connectivity index (χ4v) is 3.36. The molecule has 7 nitrogen and oxygen atoms in total. The van der Waals surface area contributed by atoms with Gasteiger partial charge in [0.15, 0.2) is 16.6 Å². The first-order chi connectivity index (χ1) is 12.5. The van der Waals surface area contributed by atoms with Gasteiger partial charge in [-0.15, -0.1) is 11.3 Å². The SMILES string of the molecule is Cc1ccc(-c2nc(C)c(C(=O)NC(C)(C)c3noc(C(C)(C)C)n3)s2)o1. The van der Waals surface area contributed by atoms with Crippen molar-refractivity contribution in [2.45, 2.75) is 59.4 Å². The third-order valence-electron chi connectivity index (χ3n) is 4.01. The Kier molecular flexibility index (Phi) is 4.71. The van der Waals surface area contributed by atoms with Crippen molar-refractivity contribution >= 4 is 17.2 Å². The van der Waals surface area contributed by atoms with Crippen molar-refractivity contribution in [1.29, 1.82) is 0 Å². The lowest BCUT2D eigenvalue weighted by Gasteiger charge is -2.22. The molecule has 3 heterocycles.